The number of benzene rings is 1. The largest absolute Gasteiger partial charge is 0.504 e. The molecule has 0 radical (unpaired) electrons. The highest BCUT2D eigenvalue weighted by Gasteiger charge is 2.45. The summed E-state index contributed by atoms with van der Waals surface area (Å²) >= 11 is 0. The minimum absolute atomic E-state index is 0.286. The van der Waals surface area contributed by atoms with E-state index in [4.69, 9.17) is 18.6 Å². The van der Waals surface area contributed by atoms with Gasteiger partial charge < -0.3 is 44.2 Å². The van der Waals surface area contributed by atoms with E-state index < -0.39 is 48.7 Å². The summed E-state index contributed by atoms with van der Waals surface area (Å²) in [5.74, 6) is -1.79. The van der Waals surface area contributed by atoms with Crippen LogP contribution in [0.5, 0.6) is 17.2 Å². The highest BCUT2D eigenvalue weighted by atomic mass is 16.7. The average molecular weight is 436 g/mol. The normalized spacial score (nSPS) is 26.0. The number of rotatable bonds is 6. The molecule has 1 aliphatic rings. The van der Waals surface area contributed by atoms with Crippen molar-refractivity contribution in [3.05, 3.63) is 58.7 Å². The van der Waals surface area contributed by atoms with Crippen molar-refractivity contribution in [3.63, 3.8) is 0 Å². The number of carbonyl (C=O) groups excluding carboxylic acids is 1. The van der Waals surface area contributed by atoms with Crippen molar-refractivity contribution < 1.29 is 49.0 Å². The van der Waals surface area contributed by atoms with E-state index in [0.717, 1.165) is 24.7 Å². The molecular weight excluding hydrogens is 416 g/mol. The van der Waals surface area contributed by atoms with Crippen molar-refractivity contribution >= 4 is 12.0 Å². The molecule has 1 aliphatic heterocycles. The third-order valence-electron chi connectivity index (χ3n) is 4.43. The Morgan fingerprint density at radius 3 is 2.55 bits per heavy atom. The Kier molecular flexibility index (Phi) is 6.92. The Bertz CT molecular complexity index is 999. The van der Waals surface area contributed by atoms with Gasteiger partial charge in [-0.15, -0.1) is 0 Å². The zero-order valence-corrected chi connectivity index (χ0v) is 15.9. The average Bonchev–Trinajstić information content (AvgIpc) is 2.75. The fourth-order valence-corrected chi connectivity index (χ4v) is 2.73. The van der Waals surface area contributed by atoms with Gasteiger partial charge in [0.05, 0.1) is 6.26 Å². The minimum atomic E-state index is -1.70. The van der Waals surface area contributed by atoms with Gasteiger partial charge in [0.1, 0.15) is 37.3 Å². The molecule has 0 aliphatic carbocycles. The van der Waals surface area contributed by atoms with Crippen LogP contribution in [-0.4, -0.2) is 68.8 Å². The summed E-state index contributed by atoms with van der Waals surface area (Å²) in [4.78, 5) is 23.7. The fraction of sp³-hybridized carbons (Fsp3) is 0.300. The number of phenolic OH excluding ortho intramolecular Hbond substituents is 2. The maximum Gasteiger partial charge on any atom is 0.330 e. The number of esters is 1. The van der Waals surface area contributed by atoms with Crippen LogP contribution in [0.2, 0.25) is 0 Å². The first-order chi connectivity index (χ1) is 14.8. The van der Waals surface area contributed by atoms with Gasteiger partial charge in [0.25, 0.3) is 0 Å². The topological polar surface area (TPSA) is 176 Å². The third-order valence-corrected chi connectivity index (χ3v) is 4.43. The molecule has 1 saturated heterocycles. The standard InChI is InChI=1S/C20H20O11/c21-11-3-1-10(7-13(11)23)2-4-16(24)29-9-15-17(25)18(26)19(27)20(31-15)30-14-8-28-6-5-12(14)22/h1-8,15,17-21,23,25-27H,9H2/b4-2+/t15-,17-,18+,19-,20+/m1/s1. The number of aliphatic hydroxyl groups is 3. The van der Waals surface area contributed by atoms with E-state index in [1.54, 1.807) is 0 Å². The van der Waals surface area contributed by atoms with Gasteiger partial charge in [-0.1, -0.05) is 6.07 Å². The molecule has 11 heteroatoms. The van der Waals surface area contributed by atoms with Gasteiger partial charge in [-0.3, -0.25) is 4.79 Å². The first-order valence-electron chi connectivity index (χ1n) is 9.06. The van der Waals surface area contributed by atoms with Gasteiger partial charge in [-0.2, -0.15) is 0 Å². The van der Waals surface area contributed by atoms with E-state index in [-0.39, 0.29) is 17.2 Å². The summed E-state index contributed by atoms with van der Waals surface area (Å²) in [6, 6.07) is 5.00. The molecule has 5 atom stereocenters. The second kappa shape index (κ2) is 9.62. The minimum Gasteiger partial charge on any atom is -0.504 e. The van der Waals surface area contributed by atoms with Crippen LogP contribution in [-0.2, 0) is 14.3 Å². The molecule has 1 aromatic heterocycles. The molecule has 0 saturated carbocycles. The first-order valence-corrected chi connectivity index (χ1v) is 9.06. The smallest absolute Gasteiger partial charge is 0.330 e. The molecule has 1 fully saturated rings. The Labute approximate surface area is 175 Å². The van der Waals surface area contributed by atoms with E-state index in [1.807, 2.05) is 0 Å². The lowest BCUT2D eigenvalue weighted by Crippen LogP contribution is -2.60. The number of hydrogen-bond acceptors (Lipinski definition) is 11. The Morgan fingerprint density at radius 1 is 1.06 bits per heavy atom. The van der Waals surface area contributed by atoms with Crippen LogP contribution in [0.15, 0.2) is 52.1 Å². The molecular formula is C20H20O11. The first kappa shape index (κ1) is 22.3. The molecule has 0 bridgehead atoms. The summed E-state index contributed by atoms with van der Waals surface area (Å²) in [5.41, 5.74) is -0.147. The van der Waals surface area contributed by atoms with E-state index in [9.17, 15) is 35.1 Å². The van der Waals surface area contributed by atoms with Crippen molar-refractivity contribution in [3.8, 4) is 17.2 Å². The van der Waals surface area contributed by atoms with Crippen LogP contribution < -0.4 is 10.2 Å². The van der Waals surface area contributed by atoms with Crippen LogP contribution >= 0.6 is 0 Å². The molecule has 2 aromatic rings. The van der Waals surface area contributed by atoms with Gasteiger partial charge in [0, 0.05) is 12.1 Å². The second-order valence-corrected chi connectivity index (χ2v) is 6.63. The Morgan fingerprint density at radius 2 is 1.84 bits per heavy atom. The van der Waals surface area contributed by atoms with Crippen LogP contribution in [0.1, 0.15) is 5.56 Å². The Hall–Kier alpha value is -3.38. The lowest BCUT2D eigenvalue weighted by molar-refractivity contribution is -0.278. The zero-order valence-electron chi connectivity index (χ0n) is 15.9. The van der Waals surface area contributed by atoms with Crippen LogP contribution in [0, 0.1) is 0 Å². The maximum absolute atomic E-state index is 11.9. The third kappa shape index (κ3) is 5.41. The number of aliphatic hydroxyl groups excluding tert-OH is 3. The van der Waals surface area contributed by atoms with Crippen LogP contribution in [0.25, 0.3) is 6.08 Å². The summed E-state index contributed by atoms with van der Waals surface area (Å²) in [6.45, 7) is -0.502. The number of carbonyl (C=O) groups is 1. The second-order valence-electron chi connectivity index (χ2n) is 6.63. The zero-order chi connectivity index (χ0) is 22.5. The van der Waals surface area contributed by atoms with Gasteiger partial charge in [0.15, 0.2) is 11.5 Å². The van der Waals surface area contributed by atoms with E-state index >= 15 is 0 Å². The predicted molar refractivity (Wildman–Crippen MR) is 102 cm³/mol. The van der Waals surface area contributed by atoms with E-state index in [0.29, 0.717) is 5.56 Å². The molecule has 31 heavy (non-hydrogen) atoms. The molecule has 0 spiro atoms. The SMILES string of the molecule is O=C(/C=C/c1ccc(O)c(O)c1)OC[C@H]1O[C@H](Oc2coccc2=O)[C@H](O)[C@@H](O)[C@@H]1O. The summed E-state index contributed by atoms with van der Waals surface area (Å²) < 4.78 is 20.4. The molecule has 5 N–H and O–H groups in total. The monoisotopic (exact) mass is 436 g/mol. The lowest BCUT2D eigenvalue weighted by atomic mass is 9.99. The van der Waals surface area contributed by atoms with Crippen LogP contribution in [0.3, 0.4) is 0 Å². The lowest BCUT2D eigenvalue weighted by Gasteiger charge is -2.39. The molecule has 0 unspecified atom stereocenters. The van der Waals surface area contributed by atoms with Gasteiger partial charge in [-0.05, 0) is 23.8 Å². The number of ether oxygens (including phenoxy) is 3. The van der Waals surface area contributed by atoms with Crippen molar-refractivity contribution in [2.24, 2.45) is 0 Å². The summed E-state index contributed by atoms with van der Waals surface area (Å²) in [5, 5.41) is 48.9. The van der Waals surface area contributed by atoms with Gasteiger partial charge in [-0.25, -0.2) is 4.79 Å². The molecule has 166 valence electrons. The Balaban J connectivity index is 1.61. The highest BCUT2D eigenvalue weighted by molar-refractivity contribution is 5.87. The summed E-state index contributed by atoms with van der Waals surface area (Å²) in [7, 11) is 0. The van der Waals surface area contributed by atoms with Crippen molar-refractivity contribution in [1.82, 2.24) is 0 Å². The van der Waals surface area contributed by atoms with Crippen molar-refractivity contribution in [1.29, 1.82) is 0 Å². The maximum atomic E-state index is 11.9. The molecule has 0 amide bonds. The number of aromatic hydroxyl groups is 2. The quantitative estimate of drug-likeness (QED) is 0.224. The molecule has 1 aromatic carbocycles. The molecule has 2 heterocycles. The highest BCUT2D eigenvalue weighted by Crippen LogP contribution is 2.26. The van der Waals surface area contributed by atoms with Gasteiger partial charge in [0.2, 0.25) is 17.5 Å². The summed E-state index contributed by atoms with van der Waals surface area (Å²) in [6.07, 6.45) is -3.34. The van der Waals surface area contributed by atoms with Gasteiger partial charge >= 0.3 is 5.97 Å². The molecule has 11 nitrogen and oxygen atoms in total. The van der Waals surface area contributed by atoms with E-state index in [1.165, 1.54) is 24.3 Å². The number of hydrogen-bond donors (Lipinski definition) is 5. The van der Waals surface area contributed by atoms with Crippen molar-refractivity contribution in [2.45, 2.75) is 30.7 Å². The fourth-order valence-electron chi connectivity index (χ4n) is 2.73. The van der Waals surface area contributed by atoms with E-state index in [2.05, 4.69) is 0 Å². The number of phenols is 2. The van der Waals surface area contributed by atoms with Crippen molar-refractivity contribution in [2.75, 3.05) is 6.61 Å². The van der Waals surface area contributed by atoms with Crippen LogP contribution in [0.4, 0.5) is 0 Å². The molecule has 3 rings (SSSR count). The predicted octanol–water partition coefficient (Wildman–Crippen LogP) is -0.506.